The number of ether oxygens (including phenoxy) is 2. The first-order chi connectivity index (χ1) is 7.99. The predicted molar refractivity (Wildman–Crippen MR) is 64.5 cm³/mol. The molecule has 0 amide bonds. The van der Waals surface area contributed by atoms with Crippen LogP contribution in [0.25, 0.3) is 0 Å². The van der Waals surface area contributed by atoms with Crippen LogP contribution in [0.4, 0.5) is 4.39 Å². The van der Waals surface area contributed by atoms with Crippen LogP contribution in [0.15, 0.2) is 12.1 Å². The van der Waals surface area contributed by atoms with E-state index in [0.717, 1.165) is 5.56 Å². The summed E-state index contributed by atoms with van der Waals surface area (Å²) >= 11 is 0. The van der Waals surface area contributed by atoms with Crippen LogP contribution in [0.3, 0.4) is 0 Å². The van der Waals surface area contributed by atoms with Gasteiger partial charge in [-0.25, -0.2) is 4.39 Å². The fourth-order valence-electron chi connectivity index (χ4n) is 1.78. The first-order valence-corrected chi connectivity index (χ1v) is 5.56. The molecule has 17 heavy (non-hydrogen) atoms. The maximum Gasteiger partial charge on any atom is 0.128 e. The van der Waals surface area contributed by atoms with Crippen molar-refractivity contribution in [2.24, 2.45) is 0 Å². The van der Waals surface area contributed by atoms with Crippen LogP contribution in [-0.4, -0.2) is 25.4 Å². The van der Waals surface area contributed by atoms with Crippen molar-refractivity contribution in [2.75, 3.05) is 14.2 Å². The Morgan fingerprint density at radius 2 is 1.76 bits per heavy atom. The van der Waals surface area contributed by atoms with Crippen molar-refractivity contribution >= 4 is 0 Å². The number of alkyl halides is 1. The number of hydrogen-bond donors (Lipinski definition) is 1. The molecular weight excluding hydrogens is 223 g/mol. The molecule has 3 nitrogen and oxygen atoms in total. The van der Waals surface area contributed by atoms with Crippen LogP contribution < -0.4 is 9.47 Å². The van der Waals surface area contributed by atoms with Crippen molar-refractivity contribution < 1.29 is 19.0 Å². The summed E-state index contributed by atoms with van der Waals surface area (Å²) in [5.41, 5.74) is 1.26. The molecule has 0 aliphatic rings. The molecule has 2 unspecified atom stereocenters. The van der Waals surface area contributed by atoms with E-state index in [1.807, 2.05) is 0 Å². The Balaban J connectivity index is 3.23. The lowest BCUT2D eigenvalue weighted by atomic mass is 10.0. The molecule has 0 heterocycles. The van der Waals surface area contributed by atoms with E-state index in [4.69, 9.17) is 9.47 Å². The van der Waals surface area contributed by atoms with Gasteiger partial charge in [-0.15, -0.1) is 0 Å². The standard InChI is InChI=1S/C13H19FO3/c1-8(15)5-10-6-11(9(2)14)13(17-4)7-12(10)16-3/h6-9,15H,5H2,1-4H3. The molecule has 96 valence electrons. The van der Waals surface area contributed by atoms with Gasteiger partial charge in [-0.05, 0) is 25.5 Å². The van der Waals surface area contributed by atoms with Gasteiger partial charge in [-0.2, -0.15) is 0 Å². The summed E-state index contributed by atoms with van der Waals surface area (Å²) in [6, 6.07) is 3.35. The molecule has 0 aromatic heterocycles. The molecule has 0 aliphatic carbocycles. The highest BCUT2D eigenvalue weighted by Crippen LogP contribution is 2.34. The third-order valence-corrected chi connectivity index (χ3v) is 2.58. The number of hydrogen-bond acceptors (Lipinski definition) is 3. The number of benzene rings is 1. The summed E-state index contributed by atoms with van der Waals surface area (Å²) < 4.78 is 23.8. The van der Waals surface area contributed by atoms with Gasteiger partial charge in [-0.1, -0.05) is 0 Å². The van der Waals surface area contributed by atoms with Crippen molar-refractivity contribution in [3.05, 3.63) is 23.3 Å². The van der Waals surface area contributed by atoms with Crippen LogP contribution in [0.1, 0.15) is 31.1 Å². The molecule has 1 rings (SSSR count). The highest BCUT2D eigenvalue weighted by atomic mass is 19.1. The highest BCUT2D eigenvalue weighted by Gasteiger charge is 2.16. The largest absolute Gasteiger partial charge is 0.496 e. The normalized spacial score (nSPS) is 14.2. The summed E-state index contributed by atoms with van der Waals surface area (Å²) in [6.07, 6.45) is -1.20. The topological polar surface area (TPSA) is 38.7 Å². The van der Waals surface area contributed by atoms with Crippen molar-refractivity contribution in [3.63, 3.8) is 0 Å². The van der Waals surface area contributed by atoms with E-state index in [9.17, 15) is 9.50 Å². The van der Waals surface area contributed by atoms with Gasteiger partial charge in [0.1, 0.15) is 17.7 Å². The van der Waals surface area contributed by atoms with E-state index in [2.05, 4.69) is 0 Å². The van der Waals surface area contributed by atoms with Crippen LogP contribution in [-0.2, 0) is 6.42 Å². The predicted octanol–water partition coefficient (Wildman–Crippen LogP) is 2.66. The van der Waals surface area contributed by atoms with Crippen LogP contribution >= 0.6 is 0 Å². The molecule has 0 aliphatic heterocycles. The van der Waals surface area contributed by atoms with Gasteiger partial charge >= 0.3 is 0 Å². The molecule has 2 atom stereocenters. The van der Waals surface area contributed by atoms with E-state index in [1.54, 1.807) is 26.2 Å². The first kappa shape index (κ1) is 13.8. The molecule has 1 aromatic rings. The number of halogens is 1. The Morgan fingerprint density at radius 3 is 2.18 bits per heavy atom. The molecule has 0 bridgehead atoms. The third-order valence-electron chi connectivity index (χ3n) is 2.58. The average molecular weight is 242 g/mol. The van der Waals surface area contributed by atoms with E-state index in [1.165, 1.54) is 14.0 Å². The van der Waals surface area contributed by atoms with Gasteiger partial charge in [0.15, 0.2) is 0 Å². The summed E-state index contributed by atoms with van der Waals surface area (Å²) in [5, 5.41) is 9.40. The number of methoxy groups -OCH3 is 2. The van der Waals surface area contributed by atoms with Crippen LogP contribution in [0.2, 0.25) is 0 Å². The fourth-order valence-corrected chi connectivity index (χ4v) is 1.78. The third kappa shape index (κ3) is 3.33. The summed E-state index contributed by atoms with van der Waals surface area (Å²) in [6.45, 7) is 3.14. The van der Waals surface area contributed by atoms with Crippen molar-refractivity contribution in [1.82, 2.24) is 0 Å². The zero-order valence-corrected chi connectivity index (χ0v) is 10.7. The van der Waals surface area contributed by atoms with E-state index >= 15 is 0 Å². The minimum absolute atomic E-state index is 0.423. The zero-order chi connectivity index (χ0) is 13.0. The molecule has 4 heteroatoms. The van der Waals surface area contributed by atoms with E-state index < -0.39 is 12.3 Å². The molecular formula is C13H19FO3. The first-order valence-electron chi connectivity index (χ1n) is 5.56. The van der Waals surface area contributed by atoms with Gasteiger partial charge < -0.3 is 14.6 Å². The van der Waals surface area contributed by atoms with Crippen molar-refractivity contribution in [2.45, 2.75) is 32.5 Å². The molecule has 0 radical (unpaired) electrons. The quantitative estimate of drug-likeness (QED) is 0.862. The summed E-state index contributed by atoms with van der Waals surface area (Å²) in [7, 11) is 3.04. The molecule has 0 spiro atoms. The second kappa shape index (κ2) is 5.87. The molecule has 0 fully saturated rings. The lowest BCUT2D eigenvalue weighted by Gasteiger charge is -2.16. The Kier molecular flexibility index (Phi) is 4.75. The Labute approximate surface area is 101 Å². The second-order valence-corrected chi connectivity index (χ2v) is 4.08. The average Bonchev–Trinajstić information content (AvgIpc) is 2.27. The number of rotatable bonds is 5. The summed E-state index contributed by atoms with van der Waals surface area (Å²) in [5.74, 6) is 1.07. The minimum atomic E-state index is -1.12. The lowest BCUT2D eigenvalue weighted by molar-refractivity contribution is 0.194. The second-order valence-electron chi connectivity index (χ2n) is 4.08. The van der Waals surface area contributed by atoms with Gasteiger partial charge in [0.05, 0.1) is 20.3 Å². The molecule has 0 saturated heterocycles. The van der Waals surface area contributed by atoms with Crippen LogP contribution in [0.5, 0.6) is 11.5 Å². The Hall–Kier alpha value is -1.29. The maximum atomic E-state index is 13.5. The zero-order valence-electron chi connectivity index (χ0n) is 10.7. The van der Waals surface area contributed by atoms with Gasteiger partial charge in [0.2, 0.25) is 0 Å². The van der Waals surface area contributed by atoms with Gasteiger partial charge in [-0.3, -0.25) is 0 Å². The smallest absolute Gasteiger partial charge is 0.128 e. The van der Waals surface area contributed by atoms with Crippen LogP contribution in [0, 0.1) is 0 Å². The SMILES string of the molecule is COc1cc(OC)c(C(C)F)cc1CC(C)O. The lowest BCUT2D eigenvalue weighted by Crippen LogP contribution is -2.07. The monoisotopic (exact) mass is 242 g/mol. The van der Waals surface area contributed by atoms with E-state index in [0.29, 0.717) is 23.5 Å². The Morgan fingerprint density at radius 1 is 1.18 bits per heavy atom. The van der Waals surface area contributed by atoms with Crippen molar-refractivity contribution in [3.8, 4) is 11.5 Å². The van der Waals surface area contributed by atoms with Gasteiger partial charge in [0, 0.05) is 18.1 Å². The Bertz CT molecular complexity index is 375. The number of aliphatic hydroxyl groups is 1. The van der Waals surface area contributed by atoms with Gasteiger partial charge in [0.25, 0.3) is 0 Å². The minimum Gasteiger partial charge on any atom is -0.496 e. The molecule has 1 N–H and O–H groups in total. The van der Waals surface area contributed by atoms with E-state index in [-0.39, 0.29) is 0 Å². The highest BCUT2D eigenvalue weighted by molar-refractivity contribution is 5.47. The summed E-state index contributed by atoms with van der Waals surface area (Å²) in [4.78, 5) is 0. The fraction of sp³-hybridized carbons (Fsp3) is 0.538. The molecule has 0 saturated carbocycles. The number of aliphatic hydroxyl groups excluding tert-OH is 1. The molecule has 1 aromatic carbocycles. The van der Waals surface area contributed by atoms with Crippen molar-refractivity contribution in [1.29, 1.82) is 0 Å². The maximum absolute atomic E-state index is 13.5.